The van der Waals surface area contributed by atoms with Gasteiger partial charge in [-0.15, -0.1) is 11.3 Å². The molecule has 0 spiro atoms. The monoisotopic (exact) mass is 535 g/mol. The Morgan fingerprint density at radius 3 is 2.55 bits per heavy atom. The van der Waals surface area contributed by atoms with Crippen LogP contribution in [0.1, 0.15) is 23.1 Å². The van der Waals surface area contributed by atoms with E-state index in [0.29, 0.717) is 27.1 Å². The number of rotatable bonds is 7. The maximum atomic E-state index is 14.2. The summed E-state index contributed by atoms with van der Waals surface area (Å²) in [5.74, 6) is 0.691. The zero-order valence-corrected chi connectivity index (χ0v) is 21.1. The highest BCUT2D eigenvalue weighted by Gasteiger charge is 2.39. The van der Waals surface area contributed by atoms with Crippen LogP contribution in [0.2, 0.25) is 0 Å². The lowest BCUT2D eigenvalue weighted by atomic mass is 9.95. The lowest BCUT2D eigenvalue weighted by Gasteiger charge is -2.16. The minimum absolute atomic E-state index is 0.0206. The number of halogens is 3. The standard InChI is InChI=1S/C27H20F3N5O2S/c1-3-35-14-22(25(34-35)27(28,29)30)24-19(21-12-32-13-23-20(21)10-18(11-31)38-23)8-9-33-26(24)37-15-16-4-6-17(36-2)7-5-16/h4-10,12-14H,3,15H2,1-2H3. The second kappa shape index (κ2) is 10.1. The molecule has 0 bridgehead atoms. The highest BCUT2D eigenvalue weighted by Crippen LogP contribution is 2.45. The van der Waals surface area contributed by atoms with Crippen LogP contribution in [0, 0.1) is 11.3 Å². The number of nitriles is 1. The number of ether oxygens (including phenoxy) is 2. The fourth-order valence-corrected chi connectivity index (χ4v) is 4.97. The van der Waals surface area contributed by atoms with Crippen LogP contribution >= 0.6 is 11.3 Å². The topological polar surface area (TPSA) is 85.9 Å². The summed E-state index contributed by atoms with van der Waals surface area (Å²) in [5, 5.41) is 13.9. The van der Waals surface area contributed by atoms with E-state index in [9.17, 15) is 18.4 Å². The Morgan fingerprint density at radius 1 is 1.08 bits per heavy atom. The van der Waals surface area contributed by atoms with Gasteiger partial charge in [0.25, 0.3) is 0 Å². The van der Waals surface area contributed by atoms with Crippen LogP contribution in [0.25, 0.3) is 32.3 Å². The molecule has 4 heterocycles. The third-order valence-electron chi connectivity index (χ3n) is 5.92. The van der Waals surface area contributed by atoms with Crippen LogP contribution in [0.15, 0.2) is 61.2 Å². The maximum absolute atomic E-state index is 14.2. The van der Waals surface area contributed by atoms with Gasteiger partial charge in [-0.05, 0) is 42.3 Å². The number of nitrogens with zero attached hydrogens (tertiary/aromatic N) is 5. The van der Waals surface area contributed by atoms with Gasteiger partial charge in [0.05, 0.1) is 17.4 Å². The Morgan fingerprint density at radius 2 is 1.87 bits per heavy atom. The van der Waals surface area contributed by atoms with Crippen molar-refractivity contribution in [2.45, 2.75) is 26.3 Å². The molecule has 0 aliphatic carbocycles. The molecular weight excluding hydrogens is 515 g/mol. The van der Waals surface area contributed by atoms with E-state index in [2.05, 4.69) is 21.1 Å². The summed E-state index contributed by atoms with van der Waals surface area (Å²) in [5.41, 5.74) is 0.734. The summed E-state index contributed by atoms with van der Waals surface area (Å²) in [6, 6.07) is 12.6. The lowest BCUT2D eigenvalue weighted by molar-refractivity contribution is -0.141. The van der Waals surface area contributed by atoms with E-state index in [1.165, 1.54) is 28.4 Å². The van der Waals surface area contributed by atoms with Gasteiger partial charge in [-0.3, -0.25) is 9.67 Å². The summed E-state index contributed by atoms with van der Waals surface area (Å²) < 4.78 is 55.7. The van der Waals surface area contributed by atoms with Crippen LogP contribution < -0.4 is 9.47 Å². The molecule has 7 nitrogen and oxygen atoms in total. The Hall–Kier alpha value is -4.43. The van der Waals surface area contributed by atoms with Gasteiger partial charge in [0, 0.05) is 47.8 Å². The van der Waals surface area contributed by atoms with E-state index in [0.717, 1.165) is 10.3 Å². The average molecular weight is 536 g/mol. The van der Waals surface area contributed by atoms with Gasteiger partial charge in [-0.2, -0.15) is 23.5 Å². The van der Waals surface area contributed by atoms with Crippen molar-refractivity contribution in [1.82, 2.24) is 19.7 Å². The molecule has 5 aromatic rings. The molecule has 0 aliphatic heterocycles. The van der Waals surface area contributed by atoms with Crippen molar-refractivity contribution < 1.29 is 22.6 Å². The number of methoxy groups -OCH3 is 1. The molecular formula is C27H20F3N5O2S. The van der Waals surface area contributed by atoms with Gasteiger partial charge < -0.3 is 9.47 Å². The minimum atomic E-state index is -4.71. The van der Waals surface area contributed by atoms with Crippen LogP contribution in [0.5, 0.6) is 11.6 Å². The Labute approximate surface area is 219 Å². The molecule has 1 aromatic carbocycles. The first-order chi connectivity index (χ1) is 18.3. The van der Waals surface area contributed by atoms with Gasteiger partial charge >= 0.3 is 6.18 Å². The van der Waals surface area contributed by atoms with Crippen LogP contribution in [0.3, 0.4) is 0 Å². The summed E-state index contributed by atoms with van der Waals surface area (Å²) >= 11 is 1.26. The first-order valence-electron chi connectivity index (χ1n) is 11.5. The third-order valence-corrected chi connectivity index (χ3v) is 6.90. The predicted octanol–water partition coefficient (Wildman–Crippen LogP) is 6.72. The Bertz CT molecular complexity index is 1650. The molecule has 0 atom stereocenters. The quantitative estimate of drug-likeness (QED) is 0.230. The smallest absolute Gasteiger partial charge is 0.435 e. The molecule has 0 fully saturated rings. The van der Waals surface area contributed by atoms with Crippen molar-refractivity contribution in [2.75, 3.05) is 7.11 Å². The van der Waals surface area contributed by atoms with E-state index < -0.39 is 11.9 Å². The number of fused-ring (bicyclic) bond motifs is 1. The van der Waals surface area contributed by atoms with Crippen molar-refractivity contribution >= 4 is 21.4 Å². The van der Waals surface area contributed by atoms with Gasteiger partial charge in [0.15, 0.2) is 5.69 Å². The fourth-order valence-electron chi connectivity index (χ4n) is 4.12. The summed E-state index contributed by atoms with van der Waals surface area (Å²) in [7, 11) is 1.56. The molecule has 38 heavy (non-hydrogen) atoms. The highest BCUT2D eigenvalue weighted by molar-refractivity contribution is 7.19. The van der Waals surface area contributed by atoms with Crippen LogP contribution in [-0.2, 0) is 19.3 Å². The highest BCUT2D eigenvalue weighted by atomic mass is 32.1. The number of aromatic nitrogens is 4. The zero-order chi connectivity index (χ0) is 26.9. The number of pyridine rings is 2. The zero-order valence-electron chi connectivity index (χ0n) is 20.3. The van der Waals surface area contributed by atoms with E-state index in [1.807, 2.05) is 0 Å². The number of alkyl halides is 3. The minimum Gasteiger partial charge on any atom is -0.497 e. The fraction of sp³-hybridized carbons (Fsp3) is 0.185. The summed E-state index contributed by atoms with van der Waals surface area (Å²) in [4.78, 5) is 9.09. The van der Waals surface area contributed by atoms with Gasteiger partial charge in [0.1, 0.15) is 23.3 Å². The molecule has 0 radical (unpaired) electrons. The first-order valence-corrected chi connectivity index (χ1v) is 12.3. The van der Waals surface area contributed by atoms with E-state index in [1.54, 1.807) is 62.8 Å². The maximum Gasteiger partial charge on any atom is 0.435 e. The molecule has 0 amide bonds. The summed E-state index contributed by atoms with van der Waals surface area (Å²) in [6.07, 6.45) is 1.32. The predicted molar refractivity (Wildman–Crippen MR) is 137 cm³/mol. The van der Waals surface area contributed by atoms with Crippen LogP contribution in [0.4, 0.5) is 13.2 Å². The van der Waals surface area contributed by atoms with Crippen molar-refractivity contribution in [3.63, 3.8) is 0 Å². The third kappa shape index (κ3) is 4.78. The van der Waals surface area contributed by atoms with Gasteiger partial charge in [-0.25, -0.2) is 4.98 Å². The number of aryl methyl sites for hydroxylation is 1. The molecule has 0 unspecified atom stereocenters. The molecule has 192 valence electrons. The number of hydrogen-bond acceptors (Lipinski definition) is 7. The molecule has 0 aliphatic rings. The van der Waals surface area contributed by atoms with Crippen molar-refractivity contribution in [2.24, 2.45) is 0 Å². The molecule has 11 heteroatoms. The van der Waals surface area contributed by atoms with Crippen molar-refractivity contribution in [3.05, 3.63) is 77.3 Å². The number of hydrogen-bond donors (Lipinski definition) is 0. The van der Waals surface area contributed by atoms with E-state index in [-0.39, 0.29) is 30.2 Å². The van der Waals surface area contributed by atoms with E-state index >= 15 is 0 Å². The van der Waals surface area contributed by atoms with Gasteiger partial charge in [-0.1, -0.05) is 12.1 Å². The number of thiophene rings is 1. The molecule has 0 saturated carbocycles. The first kappa shape index (κ1) is 25.2. The molecule has 0 N–H and O–H groups in total. The average Bonchev–Trinajstić information content (AvgIpc) is 3.56. The molecule has 0 saturated heterocycles. The second-order valence-electron chi connectivity index (χ2n) is 8.24. The number of benzene rings is 1. The largest absolute Gasteiger partial charge is 0.497 e. The van der Waals surface area contributed by atoms with Crippen molar-refractivity contribution in [1.29, 1.82) is 5.26 Å². The second-order valence-corrected chi connectivity index (χ2v) is 9.33. The van der Waals surface area contributed by atoms with Gasteiger partial charge in [0.2, 0.25) is 5.88 Å². The Balaban J connectivity index is 1.71. The lowest BCUT2D eigenvalue weighted by Crippen LogP contribution is -2.09. The molecule has 4 aromatic heterocycles. The normalized spacial score (nSPS) is 11.5. The SMILES string of the molecule is CCn1cc(-c2c(-c3cncc4sc(C#N)cc34)ccnc2OCc2ccc(OC)cc2)c(C(F)(F)F)n1. The Kier molecular flexibility index (Phi) is 6.73. The van der Waals surface area contributed by atoms with Crippen LogP contribution in [-0.4, -0.2) is 26.9 Å². The summed E-state index contributed by atoms with van der Waals surface area (Å²) in [6.45, 7) is 2.02. The van der Waals surface area contributed by atoms with Crippen molar-refractivity contribution in [3.8, 4) is 40.0 Å². The molecule has 5 rings (SSSR count). The van der Waals surface area contributed by atoms with E-state index in [4.69, 9.17) is 9.47 Å².